The van der Waals surface area contributed by atoms with Crippen LogP contribution < -0.4 is 0 Å². The molecule has 110 valence electrons. The molecule has 3 heteroatoms. The Kier molecular flexibility index (Phi) is 2.73. The van der Waals surface area contributed by atoms with Crippen molar-refractivity contribution in [1.82, 2.24) is 9.38 Å². The molecule has 22 heavy (non-hydrogen) atoms. The molecule has 2 heterocycles. The predicted octanol–water partition coefficient (Wildman–Crippen LogP) is 5.21. The van der Waals surface area contributed by atoms with Crippen LogP contribution in [0, 0.1) is 12.7 Å². The molecule has 0 fully saturated rings. The van der Waals surface area contributed by atoms with Crippen molar-refractivity contribution in [3.63, 3.8) is 0 Å². The van der Waals surface area contributed by atoms with Crippen LogP contribution in [0.15, 0.2) is 42.5 Å². The van der Waals surface area contributed by atoms with Crippen LogP contribution in [0.5, 0.6) is 0 Å². The first-order valence-corrected chi connectivity index (χ1v) is 7.57. The summed E-state index contributed by atoms with van der Waals surface area (Å²) in [6.07, 6.45) is 0. The van der Waals surface area contributed by atoms with Gasteiger partial charge in [0.2, 0.25) is 0 Å². The van der Waals surface area contributed by atoms with Gasteiger partial charge in [-0.3, -0.25) is 0 Å². The maximum absolute atomic E-state index is 13.6. The van der Waals surface area contributed by atoms with Crippen molar-refractivity contribution in [3.8, 4) is 0 Å². The van der Waals surface area contributed by atoms with E-state index in [9.17, 15) is 4.39 Å². The topological polar surface area (TPSA) is 17.3 Å². The van der Waals surface area contributed by atoms with Crippen LogP contribution in [0.4, 0.5) is 4.39 Å². The molecule has 0 atom stereocenters. The summed E-state index contributed by atoms with van der Waals surface area (Å²) in [6, 6.07) is 13.2. The van der Waals surface area contributed by atoms with E-state index in [2.05, 4.69) is 43.4 Å². The number of aromatic nitrogens is 2. The average Bonchev–Trinajstić information content (AvgIpc) is 2.80. The zero-order valence-corrected chi connectivity index (χ0v) is 12.9. The van der Waals surface area contributed by atoms with Crippen LogP contribution in [0.2, 0.25) is 0 Å². The fourth-order valence-electron chi connectivity index (χ4n) is 3.32. The van der Waals surface area contributed by atoms with Crippen LogP contribution >= 0.6 is 0 Å². The monoisotopic (exact) mass is 292 g/mol. The highest BCUT2D eigenvalue weighted by atomic mass is 19.1. The minimum absolute atomic E-state index is 0.248. The van der Waals surface area contributed by atoms with Crippen LogP contribution in [-0.2, 0) is 0 Å². The van der Waals surface area contributed by atoms with Gasteiger partial charge in [0.25, 0.3) is 0 Å². The summed E-state index contributed by atoms with van der Waals surface area (Å²) in [5.41, 5.74) is 6.21. The maximum Gasteiger partial charge on any atom is 0.125 e. The summed E-state index contributed by atoms with van der Waals surface area (Å²) >= 11 is 0. The van der Waals surface area contributed by atoms with Crippen molar-refractivity contribution >= 4 is 27.5 Å². The Morgan fingerprint density at radius 1 is 1.05 bits per heavy atom. The van der Waals surface area contributed by atoms with Gasteiger partial charge in [0, 0.05) is 11.5 Å². The molecule has 0 spiro atoms. The first kappa shape index (κ1) is 13.3. The zero-order chi connectivity index (χ0) is 15.4. The minimum Gasteiger partial charge on any atom is -0.306 e. The number of hydrogen-bond donors (Lipinski definition) is 0. The average molecular weight is 292 g/mol. The van der Waals surface area contributed by atoms with Gasteiger partial charge < -0.3 is 4.40 Å². The van der Waals surface area contributed by atoms with E-state index < -0.39 is 0 Å². The standard InChI is InChI=1S/C19H17FN2/c1-11(2)18-19-12(3)14-6-4-5-7-16(14)22(19)17-9-8-13(20)10-15(17)21-18/h4-11H,1-3H3. The molecule has 0 radical (unpaired) electrons. The van der Waals surface area contributed by atoms with Gasteiger partial charge in [-0.2, -0.15) is 0 Å². The number of nitrogens with zero attached hydrogens (tertiary/aromatic N) is 2. The molecule has 2 aromatic heterocycles. The van der Waals surface area contributed by atoms with E-state index in [1.54, 1.807) is 0 Å². The smallest absolute Gasteiger partial charge is 0.125 e. The summed E-state index contributed by atoms with van der Waals surface area (Å²) in [7, 11) is 0. The largest absolute Gasteiger partial charge is 0.306 e. The number of para-hydroxylation sites is 1. The lowest BCUT2D eigenvalue weighted by Crippen LogP contribution is -2.01. The molecule has 2 nitrogen and oxygen atoms in total. The number of halogens is 1. The van der Waals surface area contributed by atoms with Crippen molar-refractivity contribution in [2.45, 2.75) is 26.7 Å². The number of benzene rings is 2. The SMILES string of the molecule is Cc1c2ccccc2n2c1c(C(C)C)nc1cc(F)ccc12. The zero-order valence-electron chi connectivity index (χ0n) is 12.9. The molecule has 0 bridgehead atoms. The van der Waals surface area contributed by atoms with Crippen LogP contribution in [0.3, 0.4) is 0 Å². The molecule has 4 aromatic rings. The number of aryl methyl sites for hydroxylation is 1. The van der Waals surface area contributed by atoms with Gasteiger partial charge in [-0.15, -0.1) is 0 Å². The third kappa shape index (κ3) is 1.68. The quantitative estimate of drug-likeness (QED) is 0.470. The lowest BCUT2D eigenvalue weighted by Gasteiger charge is -2.12. The summed E-state index contributed by atoms with van der Waals surface area (Å²) in [4.78, 5) is 4.76. The second-order valence-electron chi connectivity index (χ2n) is 6.11. The van der Waals surface area contributed by atoms with Crippen LogP contribution in [0.25, 0.3) is 27.5 Å². The molecule has 0 N–H and O–H groups in total. The fraction of sp³-hybridized carbons (Fsp3) is 0.211. The maximum atomic E-state index is 13.6. The molecule has 2 aromatic carbocycles. The highest BCUT2D eigenvalue weighted by Gasteiger charge is 2.17. The van der Waals surface area contributed by atoms with Gasteiger partial charge in [0.05, 0.1) is 27.8 Å². The Labute approximate surface area is 128 Å². The molecule has 0 amide bonds. The Bertz CT molecular complexity index is 1030. The van der Waals surface area contributed by atoms with E-state index in [0.717, 1.165) is 22.2 Å². The third-order valence-electron chi connectivity index (χ3n) is 4.34. The number of fused-ring (bicyclic) bond motifs is 5. The van der Waals surface area contributed by atoms with Crippen molar-refractivity contribution in [2.75, 3.05) is 0 Å². The molecular formula is C19H17FN2. The lowest BCUT2D eigenvalue weighted by molar-refractivity contribution is 0.629. The highest BCUT2D eigenvalue weighted by molar-refractivity contribution is 5.97. The van der Waals surface area contributed by atoms with Crippen molar-refractivity contribution in [3.05, 3.63) is 59.5 Å². The van der Waals surface area contributed by atoms with Crippen LogP contribution in [-0.4, -0.2) is 9.38 Å². The summed E-state index contributed by atoms with van der Waals surface area (Å²) < 4.78 is 15.9. The molecule has 0 unspecified atom stereocenters. The second kappa shape index (κ2) is 4.54. The normalized spacial score (nSPS) is 12.0. The van der Waals surface area contributed by atoms with E-state index in [1.165, 1.54) is 23.1 Å². The van der Waals surface area contributed by atoms with E-state index in [1.807, 2.05) is 12.1 Å². The summed E-state index contributed by atoms with van der Waals surface area (Å²) in [5, 5.41) is 1.23. The minimum atomic E-state index is -0.248. The molecule has 0 aliphatic rings. The van der Waals surface area contributed by atoms with Gasteiger partial charge in [0.1, 0.15) is 5.82 Å². The summed E-state index contributed by atoms with van der Waals surface area (Å²) in [6.45, 7) is 6.40. The fourth-order valence-corrected chi connectivity index (χ4v) is 3.32. The van der Waals surface area contributed by atoms with Crippen molar-refractivity contribution < 1.29 is 4.39 Å². The highest BCUT2D eigenvalue weighted by Crippen LogP contribution is 2.33. The van der Waals surface area contributed by atoms with Gasteiger partial charge in [-0.25, -0.2) is 9.37 Å². The van der Waals surface area contributed by atoms with E-state index in [-0.39, 0.29) is 11.7 Å². The summed E-state index contributed by atoms with van der Waals surface area (Å²) in [5.74, 6) is 0.0282. The van der Waals surface area contributed by atoms with Crippen molar-refractivity contribution in [2.24, 2.45) is 0 Å². The van der Waals surface area contributed by atoms with Crippen molar-refractivity contribution in [1.29, 1.82) is 0 Å². The molecule has 0 saturated carbocycles. The first-order chi connectivity index (χ1) is 10.6. The van der Waals surface area contributed by atoms with Gasteiger partial charge in [-0.1, -0.05) is 32.0 Å². The number of rotatable bonds is 1. The lowest BCUT2D eigenvalue weighted by atomic mass is 10.1. The van der Waals surface area contributed by atoms with Gasteiger partial charge >= 0.3 is 0 Å². The molecule has 4 rings (SSSR count). The van der Waals surface area contributed by atoms with Crippen LogP contribution in [0.1, 0.15) is 31.0 Å². The van der Waals surface area contributed by atoms with E-state index in [4.69, 9.17) is 4.98 Å². The number of hydrogen-bond acceptors (Lipinski definition) is 1. The first-order valence-electron chi connectivity index (χ1n) is 7.57. The van der Waals surface area contributed by atoms with Gasteiger partial charge in [-0.05, 0) is 36.6 Å². The van der Waals surface area contributed by atoms with E-state index in [0.29, 0.717) is 5.52 Å². The molecular weight excluding hydrogens is 275 g/mol. The predicted molar refractivity (Wildman–Crippen MR) is 89.0 cm³/mol. The third-order valence-corrected chi connectivity index (χ3v) is 4.34. The van der Waals surface area contributed by atoms with E-state index >= 15 is 0 Å². The Morgan fingerprint density at radius 2 is 1.82 bits per heavy atom. The second-order valence-corrected chi connectivity index (χ2v) is 6.11. The Hall–Kier alpha value is -2.42. The molecule has 0 saturated heterocycles. The molecule has 0 aliphatic carbocycles. The Balaban J connectivity index is 2.37. The Morgan fingerprint density at radius 3 is 2.59 bits per heavy atom. The molecule has 0 aliphatic heterocycles. The van der Waals surface area contributed by atoms with Gasteiger partial charge in [0.15, 0.2) is 0 Å².